The molecular formula is C17H30O5Si2. The van der Waals surface area contributed by atoms with Crippen LogP contribution in [-0.4, -0.2) is 41.4 Å². The van der Waals surface area contributed by atoms with Crippen LogP contribution >= 0.6 is 0 Å². The van der Waals surface area contributed by atoms with Crippen molar-refractivity contribution in [3.63, 3.8) is 0 Å². The summed E-state index contributed by atoms with van der Waals surface area (Å²) in [7, 11) is 0.311. The number of ether oxygens (including phenoxy) is 1. The second-order valence-corrected chi connectivity index (χ2v) is 11.5. The lowest BCUT2D eigenvalue weighted by Crippen LogP contribution is -2.26. The third-order valence-corrected chi connectivity index (χ3v) is 6.99. The molecule has 24 heavy (non-hydrogen) atoms. The summed E-state index contributed by atoms with van der Waals surface area (Å²) in [5.41, 5.74) is 1.08. The largest absolute Gasteiger partial charge is 0.504 e. The van der Waals surface area contributed by atoms with Crippen LogP contribution in [0, 0.1) is 0 Å². The zero-order valence-corrected chi connectivity index (χ0v) is 17.7. The minimum absolute atomic E-state index is 0.128. The summed E-state index contributed by atoms with van der Waals surface area (Å²) in [6.45, 7) is 15.4. The molecule has 0 aliphatic heterocycles. The third kappa shape index (κ3) is 15.1. The highest BCUT2D eigenvalue weighted by atomic mass is 28.4. The molecule has 1 aromatic rings. The van der Waals surface area contributed by atoms with Crippen LogP contribution in [0.1, 0.15) is 5.56 Å². The van der Waals surface area contributed by atoms with Crippen LogP contribution in [0.25, 0.3) is 0 Å². The van der Waals surface area contributed by atoms with Crippen LogP contribution in [0.5, 0.6) is 11.5 Å². The van der Waals surface area contributed by atoms with Gasteiger partial charge >= 0.3 is 5.97 Å². The van der Waals surface area contributed by atoms with E-state index >= 15 is 0 Å². The van der Waals surface area contributed by atoms with Crippen LogP contribution in [0.3, 0.4) is 0 Å². The molecule has 0 aliphatic carbocycles. The fraction of sp³-hybridized carbons (Fsp3) is 0.353. The van der Waals surface area contributed by atoms with Crippen molar-refractivity contribution in [3.8, 4) is 11.5 Å². The van der Waals surface area contributed by atoms with Gasteiger partial charge in [0.1, 0.15) is 9.76 Å². The Balaban J connectivity index is 0. The quantitative estimate of drug-likeness (QED) is 0.456. The number of carboxylic acid groups (broad SMARTS) is 1. The van der Waals surface area contributed by atoms with E-state index in [1.807, 2.05) is 12.1 Å². The van der Waals surface area contributed by atoms with Crippen LogP contribution in [0.4, 0.5) is 0 Å². The first kappa shape index (κ1) is 24.4. The maximum Gasteiger partial charge on any atom is 0.327 e. The van der Waals surface area contributed by atoms with Gasteiger partial charge in [-0.1, -0.05) is 25.3 Å². The summed E-state index contributed by atoms with van der Waals surface area (Å²) in [5, 5.41) is 16.9. The van der Waals surface area contributed by atoms with Gasteiger partial charge in [0.2, 0.25) is 0 Å². The number of methoxy groups -OCH3 is 1. The lowest BCUT2D eigenvalue weighted by atomic mass is 10.1. The summed E-state index contributed by atoms with van der Waals surface area (Å²) in [4.78, 5) is 9.25. The lowest BCUT2D eigenvalue weighted by Gasteiger charge is -2.14. The van der Waals surface area contributed by atoms with Crippen molar-refractivity contribution >= 4 is 24.0 Å². The number of carboxylic acids is 1. The smallest absolute Gasteiger partial charge is 0.327 e. The Bertz CT molecular complexity index is 510. The van der Waals surface area contributed by atoms with E-state index in [-0.39, 0.29) is 15.5 Å². The molecule has 0 atom stereocenters. The van der Waals surface area contributed by atoms with Gasteiger partial charge in [0, 0.05) is 6.08 Å². The van der Waals surface area contributed by atoms with Crippen molar-refractivity contribution in [2.45, 2.75) is 32.6 Å². The van der Waals surface area contributed by atoms with Crippen molar-refractivity contribution in [2.24, 2.45) is 0 Å². The lowest BCUT2D eigenvalue weighted by molar-refractivity contribution is -0.131. The zero-order chi connectivity index (χ0) is 19.2. The van der Waals surface area contributed by atoms with Gasteiger partial charge in [0.15, 0.2) is 19.8 Å². The minimum Gasteiger partial charge on any atom is -0.504 e. The number of rotatable bonds is 6. The monoisotopic (exact) mass is 370 g/mol. The predicted octanol–water partition coefficient (Wildman–Crippen LogP) is 3.36. The van der Waals surface area contributed by atoms with Gasteiger partial charge in [-0.15, -0.1) is 6.58 Å². The van der Waals surface area contributed by atoms with Gasteiger partial charge < -0.3 is 19.1 Å². The summed E-state index contributed by atoms with van der Waals surface area (Å²) in [6, 6.07) is 5.27. The summed E-state index contributed by atoms with van der Waals surface area (Å²) < 4.78 is 10.5. The van der Waals surface area contributed by atoms with Crippen molar-refractivity contribution in [1.29, 1.82) is 0 Å². The SMILES string of the molecule is C=CC(=O)O.C=CCc1ccc(O)c(OC)c1.C[SiH2]O[Si](C)(C)C. The molecule has 7 heteroatoms. The third-order valence-electron chi connectivity index (χ3n) is 2.38. The first-order valence-corrected chi connectivity index (χ1v) is 13.0. The number of hydrogen-bond acceptors (Lipinski definition) is 4. The first-order valence-electron chi connectivity index (χ1n) is 7.57. The van der Waals surface area contributed by atoms with Gasteiger partial charge in [-0.3, -0.25) is 0 Å². The summed E-state index contributed by atoms with van der Waals surface area (Å²) in [6.07, 6.45) is 3.43. The molecule has 0 aromatic heterocycles. The van der Waals surface area contributed by atoms with Gasteiger partial charge in [-0.2, -0.15) is 0 Å². The van der Waals surface area contributed by atoms with Crippen LogP contribution in [-0.2, 0) is 15.3 Å². The van der Waals surface area contributed by atoms with E-state index in [0.717, 1.165) is 18.1 Å². The fourth-order valence-corrected chi connectivity index (χ4v) is 4.91. The number of phenols is 1. The highest BCUT2D eigenvalue weighted by molar-refractivity contribution is 6.73. The van der Waals surface area contributed by atoms with Gasteiger partial charge in [0.25, 0.3) is 0 Å². The molecule has 0 amide bonds. The standard InChI is InChI=1S/C10H12O2.C4H14OSi2.C3H4O2/c1-3-4-8-5-6-9(11)10(7-8)12-2;1-6-5-7(2,3)4;1-2-3(4)5/h3,5-7,11H,1,4H2,2H3;6H2,1-4H3;2H,1H2,(H,4,5). The molecule has 0 saturated carbocycles. The summed E-state index contributed by atoms with van der Waals surface area (Å²) in [5.74, 6) is -0.301. The number of aliphatic carboxylic acids is 1. The van der Waals surface area contributed by atoms with E-state index in [4.69, 9.17) is 14.0 Å². The number of carbonyl (C=O) groups is 1. The van der Waals surface area contributed by atoms with E-state index in [9.17, 15) is 9.90 Å². The normalized spacial score (nSPS) is 10.0. The van der Waals surface area contributed by atoms with Crippen molar-refractivity contribution < 1.29 is 23.9 Å². The molecule has 0 radical (unpaired) electrons. The molecule has 5 nitrogen and oxygen atoms in total. The molecule has 0 spiro atoms. The molecule has 0 saturated heterocycles. The van der Waals surface area contributed by atoms with Crippen LogP contribution in [0.2, 0.25) is 26.2 Å². The number of benzene rings is 1. The molecule has 0 fully saturated rings. The Hall–Kier alpha value is -1.84. The maximum atomic E-state index is 9.25. The average Bonchev–Trinajstić information content (AvgIpc) is 2.49. The molecule has 0 aliphatic rings. The number of allylic oxidation sites excluding steroid dienone is 1. The number of phenolic OH excluding ortho intramolecular Hbond substituents is 1. The van der Waals surface area contributed by atoms with E-state index in [0.29, 0.717) is 5.75 Å². The Morgan fingerprint density at radius 3 is 2.17 bits per heavy atom. The Morgan fingerprint density at radius 1 is 1.33 bits per heavy atom. The van der Waals surface area contributed by atoms with Crippen LogP contribution < -0.4 is 4.74 Å². The van der Waals surface area contributed by atoms with E-state index in [2.05, 4.69) is 39.3 Å². The van der Waals surface area contributed by atoms with Gasteiger partial charge in [-0.25, -0.2) is 4.79 Å². The molecule has 1 aromatic carbocycles. The Labute approximate surface area is 148 Å². The maximum absolute atomic E-state index is 9.25. The first-order chi connectivity index (χ1) is 11.1. The zero-order valence-electron chi connectivity index (χ0n) is 15.3. The molecular weight excluding hydrogens is 340 g/mol. The molecule has 0 bridgehead atoms. The molecule has 2 N–H and O–H groups in total. The predicted molar refractivity (Wildman–Crippen MR) is 105 cm³/mol. The van der Waals surface area contributed by atoms with E-state index in [1.54, 1.807) is 12.1 Å². The summed E-state index contributed by atoms with van der Waals surface area (Å²) >= 11 is 0. The highest BCUT2D eigenvalue weighted by Gasteiger charge is 2.10. The number of hydrogen-bond donors (Lipinski definition) is 2. The fourth-order valence-electron chi connectivity index (χ4n) is 1.45. The van der Waals surface area contributed by atoms with E-state index in [1.165, 1.54) is 7.11 Å². The van der Waals surface area contributed by atoms with E-state index < -0.39 is 14.3 Å². The molecule has 0 unspecified atom stereocenters. The van der Waals surface area contributed by atoms with Crippen molar-refractivity contribution in [3.05, 3.63) is 49.1 Å². The average molecular weight is 371 g/mol. The Morgan fingerprint density at radius 2 is 1.88 bits per heavy atom. The van der Waals surface area contributed by atoms with Crippen molar-refractivity contribution in [2.75, 3.05) is 7.11 Å². The Kier molecular flexibility index (Phi) is 13.8. The minimum atomic E-state index is -1.10. The van der Waals surface area contributed by atoms with Gasteiger partial charge in [-0.05, 0) is 43.8 Å². The number of aromatic hydroxyl groups is 1. The molecule has 1 rings (SSSR count). The topological polar surface area (TPSA) is 76.0 Å². The van der Waals surface area contributed by atoms with Crippen LogP contribution in [0.15, 0.2) is 43.5 Å². The second-order valence-electron chi connectivity index (χ2n) is 5.59. The van der Waals surface area contributed by atoms with Gasteiger partial charge in [0.05, 0.1) is 7.11 Å². The highest BCUT2D eigenvalue weighted by Crippen LogP contribution is 2.26. The van der Waals surface area contributed by atoms with Crippen molar-refractivity contribution in [1.82, 2.24) is 0 Å². The molecule has 136 valence electrons. The molecule has 0 heterocycles. The second kappa shape index (κ2) is 13.6.